The first-order valence-corrected chi connectivity index (χ1v) is 3.59. The second-order valence-electron chi connectivity index (χ2n) is 2.45. The van der Waals surface area contributed by atoms with Gasteiger partial charge in [-0.05, 0) is 12.1 Å². The van der Waals surface area contributed by atoms with Crippen molar-refractivity contribution in [3.05, 3.63) is 29.6 Å². The fraction of sp³-hybridized carbons (Fsp3) is 0.125. The lowest BCUT2D eigenvalue weighted by atomic mass is 10.2. The number of aliphatic hydroxyl groups excluding tert-OH is 1. The Hall–Kier alpha value is -1.62. The number of urea groups is 1. The number of anilines is 1. The highest BCUT2D eigenvalue weighted by molar-refractivity contribution is 5.87. The molecule has 1 aromatic rings. The van der Waals surface area contributed by atoms with E-state index in [1.807, 2.05) is 0 Å². The van der Waals surface area contributed by atoms with Gasteiger partial charge in [0.15, 0.2) is 0 Å². The van der Waals surface area contributed by atoms with Crippen molar-refractivity contribution in [2.24, 2.45) is 5.73 Å². The maximum Gasteiger partial charge on any atom is 0.316 e. The average molecular weight is 184 g/mol. The highest BCUT2D eigenvalue weighted by Gasteiger charge is 2.02. The summed E-state index contributed by atoms with van der Waals surface area (Å²) in [5.41, 5.74) is 5.27. The summed E-state index contributed by atoms with van der Waals surface area (Å²) in [7, 11) is 0. The molecule has 0 aliphatic carbocycles. The molecule has 13 heavy (non-hydrogen) atoms. The second kappa shape index (κ2) is 3.86. The van der Waals surface area contributed by atoms with E-state index in [2.05, 4.69) is 5.32 Å². The van der Waals surface area contributed by atoms with Crippen molar-refractivity contribution in [3.8, 4) is 0 Å². The quantitative estimate of drug-likeness (QED) is 0.636. The van der Waals surface area contributed by atoms with Crippen molar-refractivity contribution in [1.82, 2.24) is 0 Å². The molecule has 4 N–H and O–H groups in total. The highest BCUT2D eigenvalue weighted by atomic mass is 19.1. The Morgan fingerprint density at radius 3 is 2.77 bits per heavy atom. The maximum absolute atomic E-state index is 12.9. The Balaban J connectivity index is 2.89. The molecule has 0 fully saturated rings. The summed E-state index contributed by atoms with van der Waals surface area (Å²) in [6.07, 6.45) is 0. The zero-order valence-electron chi connectivity index (χ0n) is 6.75. The van der Waals surface area contributed by atoms with Gasteiger partial charge in [-0.3, -0.25) is 0 Å². The number of hydrogen-bond acceptors (Lipinski definition) is 2. The molecule has 0 aromatic heterocycles. The first-order valence-electron chi connectivity index (χ1n) is 3.59. The normalized spacial score (nSPS) is 9.69. The number of primary amides is 1. The van der Waals surface area contributed by atoms with Crippen LogP contribution in [0.1, 0.15) is 5.56 Å². The van der Waals surface area contributed by atoms with E-state index in [0.717, 1.165) is 6.07 Å². The fourth-order valence-electron chi connectivity index (χ4n) is 0.896. The van der Waals surface area contributed by atoms with Crippen molar-refractivity contribution >= 4 is 11.7 Å². The van der Waals surface area contributed by atoms with Crippen LogP contribution in [0.3, 0.4) is 0 Å². The van der Waals surface area contributed by atoms with E-state index >= 15 is 0 Å². The minimum Gasteiger partial charge on any atom is -0.392 e. The minimum atomic E-state index is -0.754. The zero-order chi connectivity index (χ0) is 9.84. The van der Waals surface area contributed by atoms with Crippen LogP contribution in [-0.4, -0.2) is 11.1 Å². The van der Waals surface area contributed by atoms with E-state index in [1.54, 1.807) is 0 Å². The number of carbonyl (C=O) groups is 1. The molecule has 0 saturated carbocycles. The second-order valence-corrected chi connectivity index (χ2v) is 2.45. The van der Waals surface area contributed by atoms with Gasteiger partial charge in [0.05, 0.1) is 6.61 Å². The molecule has 0 unspecified atom stereocenters. The number of amides is 2. The molecule has 0 spiro atoms. The molecule has 0 saturated heterocycles. The van der Waals surface area contributed by atoms with Crippen LogP contribution in [0.4, 0.5) is 14.9 Å². The van der Waals surface area contributed by atoms with E-state index in [1.165, 1.54) is 12.1 Å². The van der Waals surface area contributed by atoms with Gasteiger partial charge in [-0.25, -0.2) is 9.18 Å². The Bertz CT molecular complexity index is 328. The van der Waals surface area contributed by atoms with Gasteiger partial charge in [0.25, 0.3) is 0 Å². The van der Waals surface area contributed by atoms with Crippen LogP contribution in [0.2, 0.25) is 0 Å². The van der Waals surface area contributed by atoms with E-state index in [9.17, 15) is 9.18 Å². The average Bonchev–Trinajstić information content (AvgIpc) is 2.03. The molecule has 5 heteroatoms. The summed E-state index contributed by atoms with van der Waals surface area (Å²) in [5, 5.41) is 10.9. The number of nitrogens with two attached hydrogens (primary N) is 1. The summed E-state index contributed by atoms with van der Waals surface area (Å²) in [4.78, 5) is 10.4. The van der Waals surface area contributed by atoms with Crippen molar-refractivity contribution in [2.75, 3.05) is 5.32 Å². The minimum absolute atomic E-state index is 0.176. The topological polar surface area (TPSA) is 75.4 Å². The monoisotopic (exact) mass is 184 g/mol. The summed E-state index contributed by atoms with van der Waals surface area (Å²) < 4.78 is 12.9. The Labute approximate surface area is 74.2 Å². The van der Waals surface area contributed by atoms with Crippen LogP contribution >= 0.6 is 0 Å². The van der Waals surface area contributed by atoms with Gasteiger partial charge in [-0.15, -0.1) is 0 Å². The summed E-state index contributed by atoms with van der Waals surface area (Å²) in [5.74, 6) is -0.575. The Morgan fingerprint density at radius 2 is 2.31 bits per heavy atom. The molecule has 0 heterocycles. The van der Waals surface area contributed by atoms with Crippen molar-refractivity contribution in [3.63, 3.8) is 0 Å². The van der Waals surface area contributed by atoms with Gasteiger partial charge in [0.2, 0.25) is 0 Å². The molecule has 0 atom stereocenters. The largest absolute Gasteiger partial charge is 0.392 e. The van der Waals surface area contributed by atoms with Gasteiger partial charge in [-0.2, -0.15) is 0 Å². The van der Waals surface area contributed by atoms with Gasteiger partial charge < -0.3 is 16.2 Å². The SMILES string of the molecule is NC(=O)Nc1ccc(CO)c(F)c1. The summed E-state index contributed by atoms with van der Waals surface area (Å²) in [6, 6.07) is 3.17. The zero-order valence-corrected chi connectivity index (χ0v) is 6.75. The third-order valence-electron chi connectivity index (χ3n) is 1.49. The molecule has 1 aromatic carbocycles. The summed E-state index contributed by atoms with van der Waals surface area (Å²) in [6.45, 7) is -0.372. The smallest absolute Gasteiger partial charge is 0.316 e. The molecule has 0 bridgehead atoms. The van der Waals surface area contributed by atoms with E-state index in [0.29, 0.717) is 0 Å². The standard InChI is InChI=1S/C8H9FN2O2/c9-7-3-6(11-8(10)13)2-1-5(7)4-12/h1-3,12H,4H2,(H3,10,11,13). The fourth-order valence-corrected chi connectivity index (χ4v) is 0.896. The first-order chi connectivity index (χ1) is 6.13. The number of benzene rings is 1. The van der Waals surface area contributed by atoms with Crippen LogP contribution < -0.4 is 11.1 Å². The molecular weight excluding hydrogens is 175 g/mol. The molecule has 0 radical (unpaired) electrons. The number of carbonyl (C=O) groups excluding carboxylic acids is 1. The van der Waals surface area contributed by atoms with Crippen LogP contribution in [0.5, 0.6) is 0 Å². The number of aliphatic hydroxyl groups is 1. The Kier molecular flexibility index (Phi) is 2.81. The summed E-state index contributed by atoms with van der Waals surface area (Å²) >= 11 is 0. The van der Waals surface area contributed by atoms with Gasteiger partial charge in [0, 0.05) is 11.3 Å². The van der Waals surface area contributed by atoms with E-state index in [-0.39, 0.29) is 17.9 Å². The highest BCUT2D eigenvalue weighted by Crippen LogP contribution is 2.13. The van der Waals surface area contributed by atoms with Gasteiger partial charge in [0.1, 0.15) is 5.82 Å². The third kappa shape index (κ3) is 2.41. The number of rotatable bonds is 2. The lowest BCUT2D eigenvalue weighted by molar-refractivity contribution is 0.259. The first kappa shape index (κ1) is 9.47. The maximum atomic E-state index is 12.9. The number of halogens is 1. The van der Waals surface area contributed by atoms with E-state index < -0.39 is 11.8 Å². The number of hydrogen-bond donors (Lipinski definition) is 3. The van der Waals surface area contributed by atoms with E-state index in [4.69, 9.17) is 10.8 Å². The predicted octanol–water partition coefficient (Wildman–Crippen LogP) is 0.809. The Morgan fingerprint density at radius 1 is 1.62 bits per heavy atom. The third-order valence-corrected chi connectivity index (χ3v) is 1.49. The molecule has 2 amide bonds. The molecule has 1 rings (SSSR count). The van der Waals surface area contributed by atoms with Crippen LogP contribution in [0.25, 0.3) is 0 Å². The van der Waals surface area contributed by atoms with Crippen molar-refractivity contribution < 1.29 is 14.3 Å². The van der Waals surface area contributed by atoms with Crippen LogP contribution in [0, 0.1) is 5.82 Å². The predicted molar refractivity (Wildman–Crippen MR) is 45.5 cm³/mol. The molecule has 0 aliphatic heterocycles. The van der Waals surface area contributed by atoms with Crippen molar-refractivity contribution in [1.29, 1.82) is 0 Å². The van der Waals surface area contributed by atoms with Gasteiger partial charge in [-0.1, -0.05) is 6.07 Å². The molecule has 70 valence electrons. The van der Waals surface area contributed by atoms with Crippen LogP contribution in [-0.2, 0) is 6.61 Å². The number of nitrogens with one attached hydrogen (secondary N) is 1. The molecule has 0 aliphatic rings. The van der Waals surface area contributed by atoms with Gasteiger partial charge >= 0.3 is 6.03 Å². The molecular formula is C8H9FN2O2. The van der Waals surface area contributed by atoms with Crippen molar-refractivity contribution in [2.45, 2.75) is 6.61 Å². The lowest BCUT2D eigenvalue weighted by Gasteiger charge is -2.03. The lowest BCUT2D eigenvalue weighted by Crippen LogP contribution is -2.19. The molecule has 4 nitrogen and oxygen atoms in total. The van der Waals surface area contributed by atoms with Crippen LogP contribution in [0.15, 0.2) is 18.2 Å².